The number of amides is 3. The fourth-order valence-corrected chi connectivity index (χ4v) is 4.55. The Hall–Kier alpha value is -3.92. The van der Waals surface area contributed by atoms with Gasteiger partial charge in [-0.3, -0.25) is 9.59 Å². The Labute approximate surface area is 261 Å². The molecule has 242 valence electrons. The van der Waals surface area contributed by atoms with Crippen LogP contribution in [-0.4, -0.2) is 70.3 Å². The number of aliphatic hydroxyl groups excluding tert-OH is 1. The monoisotopic (exact) mass is 611 g/mol. The maximum absolute atomic E-state index is 14.2. The number of hydrogen-bond donors (Lipinski definition) is 3. The Kier molecular flexibility index (Phi) is 13.4. The first-order valence-corrected chi connectivity index (χ1v) is 15.1. The van der Waals surface area contributed by atoms with E-state index in [0.717, 1.165) is 5.56 Å². The van der Waals surface area contributed by atoms with Crippen molar-refractivity contribution in [1.82, 2.24) is 15.5 Å². The molecule has 10 nitrogen and oxygen atoms in total. The van der Waals surface area contributed by atoms with Crippen LogP contribution < -0.4 is 10.6 Å². The van der Waals surface area contributed by atoms with E-state index < -0.39 is 59.8 Å². The number of benzene rings is 2. The van der Waals surface area contributed by atoms with Gasteiger partial charge in [0.1, 0.15) is 29.3 Å². The molecule has 0 spiro atoms. The zero-order valence-corrected chi connectivity index (χ0v) is 27.3. The number of ether oxygens (including phenoxy) is 2. The number of esters is 1. The Balaban J connectivity index is 2.54. The minimum absolute atomic E-state index is 0.159. The second-order valence-corrected chi connectivity index (χ2v) is 12.9. The average molecular weight is 612 g/mol. The second kappa shape index (κ2) is 16.2. The third-order valence-corrected chi connectivity index (χ3v) is 6.74. The lowest BCUT2D eigenvalue weighted by atomic mass is 9.95. The highest BCUT2D eigenvalue weighted by molar-refractivity contribution is 5.94. The van der Waals surface area contributed by atoms with Crippen molar-refractivity contribution >= 4 is 23.9 Å². The van der Waals surface area contributed by atoms with Gasteiger partial charge >= 0.3 is 12.1 Å². The highest BCUT2D eigenvalue weighted by Gasteiger charge is 2.39. The van der Waals surface area contributed by atoms with Gasteiger partial charge in [-0.2, -0.15) is 0 Å². The molecule has 44 heavy (non-hydrogen) atoms. The van der Waals surface area contributed by atoms with E-state index >= 15 is 0 Å². The van der Waals surface area contributed by atoms with Crippen molar-refractivity contribution in [2.45, 2.75) is 97.6 Å². The van der Waals surface area contributed by atoms with Gasteiger partial charge < -0.3 is 30.1 Å². The van der Waals surface area contributed by atoms with Crippen LogP contribution in [0.25, 0.3) is 0 Å². The summed E-state index contributed by atoms with van der Waals surface area (Å²) >= 11 is 0. The van der Waals surface area contributed by atoms with Crippen molar-refractivity contribution in [2.75, 3.05) is 13.2 Å². The summed E-state index contributed by atoms with van der Waals surface area (Å²) < 4.78 is 11.1. The number of rotatable bonds is 13. The third-order valence-electron chi connectivity index (χ3n) is 6.74. The largest absolute Gasteiger partial charge is 0.458 e. The lowest BCUT2D eigenvalue weighted by Crippen LogP contribution is -2.57. The van der Waals surface area contributed by atoms with Gasteiger partial charge in [0, 0.05) is 13.0 Å². The molecule has 0 radical (unpaired) electrons. The van der Waals surface area contributed by atoms with Gasteiger partial charge in [-0.1, -0.05) is 80.9 Å². The molecule has 4 atom stereocenters. The molecule has 2 aromatic rings. The molecule has 0 saturated heterocycles. The summed E-state index contributed by atoms with van der Waals surface area (Å²) in [5.74, 6) is -2.15. The number of carbonyl (C=O) groups is 4. The van der Waals surface area contributed by atoms with Gasteiger partial charge in [0.05, 0.1) is 6.61 Å². The fraction of sp³-hybridized carbons (Fsp3) is 0.529. The third kappa shape index (κ3) is 11.6. The standard InChI is InChI=1S/C34H49N3O7/c1-9-23(2)27(36-32(42)44-34(6,7)8)30(40)37(20-21-38)28(25-18-14-11-15-19-25)29(39)35-26(31(41)43-33(3,4)5)22-24-16-12-10-13-17-24/h10-19,23,26-28,38H,9,20-22H2,1-8H3,(H,35,39)(H,36,42). The van der Waals surface area contributed by atoms with Crippen LogP contribution in [0.1, 0.15) is 79.0 Å². The van der Waals surface area contributed by atoms with Gasteiger partial charge in [0.2, 0.25) is 11.8 Å². The van der Waals surface area contributed by atoms with Gasteiger partial charge in [0.25, 0.3) is 0 Å². The molecule has 0 fully saturated rings. The zero-order chi connectivity index (χ0) is 33.1. The molecule has 0 aliphatic heterocycles. The molecule has 0 bridgehead atoms. The molecule has 3 N–H and O–H groups in total. The zero-order valence-electron chi connectivity index (χ0n) is 27.3. The quantitative estimate of drug-likeness (QED) is 0.283. The summed E-state index contributed by atoms with van der Waals surface area (Å²) in [4.78, 5) is 55.8. The lowest BCUT2D eigenvalue weighted by Gasteiger charge is -2.36. The van der Waals surface area contributed by atoms with E-state index in [9.17, 15) is 24.3 Å². The molecule has 0 aliphatic carbocycles. The van der Waals surface area contributed by atoms with Crippen LogP contribution in [0.15, 0.2) is 60.7 Å². The Bertz CT molecular complexity index is 1220. The Morgan fingerprint density at radius 2 is 1.39 bits per heavy atom. The van der Waals surface area contributed by atoms with Gasteiger partial charge in [0.15, 0.2) is 0 Å². The fourth-order valence-electron chi connectivity index (χ4n) is 4.55. The second-order valence-electron chi connectivity index (χ2n) is 12.9. The van der Waals surface area contributed by atoms with E-state index in [1.807, 2.05) is 44.2 Å². The number of hydrogen-bond acceptors (Lipinski definition) is 7. The van der Waals surface area contributed by atoms with Crippen LogP contribution in [0.3, 0.4) is 0 Å². The average Bonchev–Trinajstić information content (AvgIpc) is 2.94. The number of alkyl carbamates (subject to hydrolysis) is 1. The maximum atomic E-state index is 14.2. The van der Waals surface area contributed by atoms with Crippen LogP contribution in [-0.2, 0) is 30.3 Å². The smallest absolute Gasteiger partial charge is 0.408 e. The number of nitrogens with zero attached hydrogens (tertiary/aromatic N) is 1. The maximum Gasteiger partial charge on any atom is 0.408 e. The molecule has 4 unspecified atom stereocenters. The number of nitrogens with one attached hydrogen (secondary N) is 2. The molecule has 0 aliphatic rings. The van der Waals surface area contributed by atoms with E-state index in [2.05, 4.69) is 10.6 Å². The van der Waals surface area contributed by atoms with Crippen LogP contribution in [0.2, 0.25) is 0 Å². The molecule has 0 aromatic heterocycles. The van der Waals surface area contributed by atoms with Crippen LogP contribution >= 0.6 is 0 Å². The van der Waals surface area contributed by atoms with E-state index in [1.54, 1.807) is 71.9 Å². The topological polar surface area (TPSA) is 134 Å². The van der Waals surface area contributed by atoms with Crippen molar-refractivity contribution in [2.24, 2.45) is 5.92 Å². The molecule has 2 rings (SSSR count). The van der Waals surface area contributed by atoms with Crippen molar-refractivity contribution in [3.05, 3.63) is 71.8 Å². The van der Waals surface area contributed by atoms with E-state index in [1.165, 1.54) is 4.90 Å². The normalized spacial score (nSPS) is 14.4. The summed E-state index contributed by atoms with van der Waals surface area (Å²) in [6, 6.07) is 14.5. The summed E-state index contributed by atoms with van der Waals surface area (Å²) in [6.07, 6.45) is -0.0696. The summed E-state index contributed by atoms with van der Waals surface area (Å²) in [5, 5.41) is 15.6. The summed E-state index contributed by atoms with van der Waals surface area (Å²) in [6.45, 7) is 13.4. The number of aliphatic hydroxyl groups is 1. The molecule has 10 heteroatoms. The van der Waals surface area contributed by atoms with Crippen LogP contribution in [0.5, 0.6) is 0 Å². The lowest BCUT2D eigenvalue weighted by molar-refractivity contribution is -0.159. The Morgan fingerprint density at radius 1 is 0.841 bits per heavy atom. The number of carbonyl (C=O) groups excluding carboxylic acids is 4. The van der Waals surface area contributed by atoms with Gasteiger partial charge in [-0.05, 0) is 58.6 Å². The van der Waals surface area contributed by atoms with Crippen LogP contribution in [0, 0.1) is 5.92 Å². The SMILES string of the molecule is CCC(C)C(NC(=O)OC(C)(C)C)C(=O)N(CCO)C(C(=O)NC(Cc1ccccc1)C(=O)OC(C)(C)C)c1ccccc1. The molecular formula is C34H49N3O7. The summed E-state index contributed by atoms with van der Waals surface area (Å²) in [7, 11) is 0. The van der Waals surface area contributed by atoms with E-state index in [0.29, 0.717) is 12.0 Å². The first kappa shape index (κ1) is 36.3. The highest BCUT2D eigenvalue weighted by Crippen LogP contribution is 2.25. The van der Waals surface area contributed by atoms with Gasteiger partial charge in [-0.15, -0.1) is 0 Å². The minimum atomic E-state index is -1.23. The molecule has 3 amide bonds. The van der Waals surface area contributed by atoms with E-state index in [-0.39, 0.29) is 18.9 Å². The Morgan fingerprint density at radius 3 is 1.89 bits per heavy atom. The molecule has 0 heterocycles. The van der Waals surface area contributed by atoms with Crippen LogP contribution in [0.4, 0.5) is 4.79 Å². The van der Waals surface area contributed by atoms with E-state index in [4.69, 9.17) is 9.47 Å². The van der Waals surface area contributed by atoms with Crippen molar-refractivity contribution < 1.29 is 33.8 Å². The first-order chi connectivity index (χ1) is 20.6. The van der Waals surface area contributed by atoms with Crippen molar-refractivity contribution in [3.8, 4) is 0 Å². The summed E-state index contributed by atoms with van der Waals surface area (Å²) in [5.41, 5.74) is -0.318. The molecule has 0 saturated carbocycles. The van der Waals surface area contributed by atoms with Crippen molar-refractivity contribution in [1.29, 1.82) is 0 Å². The first-order valence-electron chi connectivity index (χ1n) is 15.1. The molecule has 2 aromatic carbocycles. The highest BCUT2D eigenvalue weighted by atomic mass is 16.6. The predicted octanol–water partition coefficient (Wildman–Crippen LogP) is 4.56. The van der Waals surface area contributed by atoms with Crippen molar-refractivity contribution in [3.63, 3.8) is 0 Å². The minimum Gasteiger partial charge on any atom is -0.458 e. The van der Waals surface area contributed by atoms with Gasteiger partial charge in [-0.25, -0.2) is 9.59 Å². The molecular weight excluding hydrogens is 562 g/mol. The predicted molar refractivity (Wildman–Crippen MR) is 169 cm³/mol.